The molecule has 94 valence electrons. The number of rotatable bonds is 4. The van der Waals surface area contributed by atoms with Crippen LogP contribution in [0.5, 0.6) is 0 Å². The number of benzene rings is 1. The summed E-state index contributed by atoms with van der Waals surface area (Å²) >= 11 is 0. The number of carbonyl (C=O) groups excluding carboxylic acids is 1. The van der Waals surface area contributed by atoms with E-state index in [1.165, 1.54) is 0 Å². The zero-order valence-corrected chi connectivity index (χ0v) is 10.5. The first kappa shape index (κ1) is 13.5. The summed E-state index contributed by atoms with van der Waals surface area (Å²) in [6.45, 7) is 5.52. The third-order valence-electron chi connectivity index (χ3n) is 2.53. The Labute approximate surface area is 101 Å². The molecular weight excluding hydrogens is 218 g/mol. The molecule has 0 unspecified atom stereocenters. The van der Waals surface area contributed by atoms with Gasteiger partial charge in [-0.3, -0.25) is 0 Å². The van der Waals surface area contributed by atoms with E-state index in [-0.39, 0.29) is 6.61 Å². The molecule has 3 N–H and O–H groups in total. The summed E-state index contributed by atoms with van der Waals surface area (Å²) in [6.07, 6.45) is -0.265. The molecular formula is C13H19NO3. The lowest BCUT2D eigenvalue weighted by Gasteiger charge is -2.25. The van der Waals surface area contributed by atoms with Crippen molar-refractivity contribution < 1.29 is 14.6 Å². The minimum absolute atomic E-state index is 0.0241. The number of aliphatic hydroxyl groups is 1. The first-order valence-corrected chi connectivity index (χ1v) is 5.52. The van der Waals surface area contributed by atoms with Crippen LogP contribution in [0.25, 0.3) is 0 Å². The lowest BCUT2D eigenvalue weighted by atomic mass is 9.94. The second-order valence-corrected chi connectivity index (χ2v) is 4.79. The van der Waals surface area contributed by atoms with Crippen LogP contribution in [0.2, 0.25) is 0 Å². The Morgan fingerprint density at radius 3 is 2.59 bits per heavy atom. The number of aryl methyl sites for hydroxylation is 1. The predicted octanol–water partition coefficient (Wildman–Crippen LogP) is 1.90. The average Bonchev–Trinajstić information content (AvgIpc) is 2.18. The highest BCUT2D eigenvalue weighted by molar-refractivity contribution is 5.65. The molecule has 0 saturated heterocycles. The molecule has 1 amide bonds. The van der Waals surface area contributed by atoms with Crippen molar-refractivity contribution in [2.45, 2.75) is 39.4 Å². The molecule has 0 bridgehead atoms. The molecule has 17 heavy (non-hydrogen) atoms. The summed E-state index contributed by atoms with van der Waals surface area (Å²) in [4.78, 5) is 10.8. The van der Waals surface area contributed by atoms with Gasteiger partial charge in [0.25, 0.3) is 0 Å². The highest BCUT2D eigenvalue weighted by Gasteiger charge is 2.23. The molecule has 0 aliphatic carbocycles. The van der Waals surface area contributed by atoms with Crippen molar-refractivity contribution >= 4 is 6.09 Å². The molecule has 1 aromatic rings. The van der Waals surface area contributed by atoms with E-state index in [1.54, 1.807) is 13.8 Å². The fraction of sp³-hybridized carbons (Fsp3) is 0.462. The van der Waals surface area contributed by atoms with Gasteiger partial charge in [0, 0.05) is 6.42 Å². The van der Waals surface area contributed by atoms with Crippen molar-refractivity contribution in [1.29, 1.82) is 0 Å². The maximum absolute atomic E-state index is 10.8. The predicted molar refractivity (Wildman–Crippen MR) is 65.6 cm³/mol. The molecule has 0 heterocycles. The van der Waals surface area contributed by atoms with Crippen LogP contribution >= 0.6 is 0 Å². The van der Waals surface area contributed by atoms with Gasteiger partial charge >= 0.3 is 6.09 Å². The topological polar surface area (TPSA) is 72.5 Å². The van der Waals surface area contributed by atoms with Crippen LogP contribution in [-0.4, -0.2) is 16.8 Å². The number of nitrogens with two attached hydrogens (primary N) is 1. The van der Waals surface area contributed by atoms with Crippen molar-refractivity contribution in [3.63, 3.8) is 0 Å². The highest BCUT2D eigenvalue weighted by atomic mass is 16.6. The summed E-state index contributed by atoms with van der Waals surface area (Å²) in [5.41, 5.74) is 7.25. The van der Waals surface area contributed by atoms with Gasteiger partial charge in [-0.15, -0.1) is 0 Å². The van der Waals surface area contributed by atoms with Crippen molar-refractivity contribution in [2.75, 3.05) is 0 Å². The van der Waals surface area contributed by atoms with Crippen molar-refractivity contribution in [3.8, 4) is 0 Å². The van der Waals surface area contributed by atoms with Gasteiger partial charge in [0.2, 0.25) is 0 Å². The van der Waals surface area contributed by atoms with Crippen LogP contribution < -0.4 is 5.73 Å². The van der Waals surface area contributed by atoms with E-state index in [0.29, 0.717) is 6.42 Å². The third-order valence-corrected chi connectivity index (χ3v) is 2.53. The quantitative estimate of drug-likeness (QED) is 0.840. The van der Waals surface area contributed by atoms with E-state index in [1.807, 2.05) is 25.1 Å². The van der Waals surface area contributed by atoms with Gasteiger partial charge in [-0.05, 0) is 31.9 Å². The Hall–Kier alpha value is -1.55. The van der Waals surface area contributed by atoms with Crippen LogP contribution in [-0.2, 0) is 17.8 Å². The second-order valence-electron chi connectivity index (χ2n) is 4.79. The van der Waals surface area contributed by atoms with Crippen LogP contribution in [0, 0.1) is 6.92 Å². The highest BCUT2D eigenvalue weighted by Crippen LogP contribution is 2.21. The Morgan fingerprint density at radius 2 is 2.06 bits per heavy atom. The van der Waals surface area contributed by atoms with E-state index in [4.69, 9.17) is 10.5 Å². The normalized spacial score (nSPS) is 11.3. The SMILES string of the molecule is Cc1ccc(CC(C)(C)OC(N)=O)c(CO)c1. The molecule has 0 aliphatic rings. The molecule has 0 atom stereocenters. The molecule has 1 rings (SSSR count). The summed E-state index contributed by atoms with van der Waals surface area (Å²) in [6, 6.07) is 5.83. The summed E-state index contributed by atoms with van der Waals surface area (Å²) in [7, 11) is 0. The van der Waals surface area contributed by atoms with Gasteiger partial charge in [0.05, 0.1) is 6.61 Å². The van der Waals surface area contributed by atoms with Gasteiger partial charge in [-0.2, -0.15) is 0 Å². The van der Waals surface area contributed by atoms with E-state index in [0.717, 1.165) is 16.7 Å². The minimum atomic E-state index is -0.785. The average molecular weight is 237 g/mol. The van der Waals surface area contributed by atoms with Gasteiger partial charge in [-0.1, -0.05) is 23.8 Å². The second kappa shape index (κ2) is 5.19. The maximum Gasteiger partial charge on any atom is 0.405 e. The number of carbonyl (C=O) groups is 1. The molecule has 0 fully saturated rings. The number of hydrogen-bond acceptors (Lipinski definition) is 3. The van der Waals surface area contributed by atoms with Crippen molar-refractivity contribution in [1.82, 2.24) is 0 Å². The summed E-state index contributed by atoms with van der Waals surface area (Å²) < 4.78 is 5.03. The number of ether oxygens (including phenoxy) is 1. The van der Waals surface area contributed by atoms with Crippen LogP contribution in [0.1, 0.15) is 30.5 Å². The van der Waals surface area contributed by atoms with E-state index in [2.05, 4.69) is 0 Å². The Morgan fingerprint density at radius 1 is 1.41 bits per heavy atom. The van der Waals surface area contributed by atoms with Gasteiger partial charge in [-0.25, -0.2) is 4.79 Å². The zero-order valence-electron chi connectivity index (χ0n) is 10.5. The lowest BCUT2D eigenvalue weighted by Crippen LogP contribution is -2.33. The molecule has 1 aromatic carbocycles. The molecule has 4 heteroatoms. The van der Waals surface area contributed by atoms with Gasteiger partial charge in [0.1, 0.15) is 5.60 Å². The third kappa shape index (κ3) is 4.07. The first-order chi connectivity index (χ1) is 7.84. The summed E-state index contributed by atoms with van der Waals surface area (Å²) in [5, 5.41) is 9.29. The Bertz CT molecular complexity index is 413. The fourth-order valence-corrected chi connectivity index (χ4v) is 1.84. The standard InChI is InChI=1S/C13H19NO3/c1-9-4-5-10(11(6-9)8-15)7-13(2,3)17-12(14)16/h4-6,15H,7-8H2,1-3H3,(H2,14,16). The number of amides is 1. The van der Waals surface area contributed by atoms with Crippen LogP contribution in [0.3, 0.4) is 0 Å². The molecule has 0 radical (unpaired) electrons. The van der Waals surface area contributed by atoms with Gasteiger partial charge < -0.3 is 15.6 Å². The molecule has 4 nitrogen and oxygen atoms in total. The van der Waals surface area contributed by atoms with Gasteiger partial charge in [0.15, 0.2) is 0 Å². The Balaban J connectivity index is 2.90. The van der Waals surface area contributed by atoms with Crippen molar-refractivity contribution in [2.24, 2.45) is 5.73 Å². The smallest absolute Gasteiger partial charge is 0.405 e. The number of aliphatic hydroxyl groups excluding tert-OH is 1. The molecule has 0 spiro atoms. The van der Waals surface area contributed by atoms with E-state index in [9.17, 15) is 9.90 Å². The minimum Gasteiger partial charge on any atom is -0.443 e. The number of hydrogen-bond donors (Lipinski definition) is 2. The van der Waals surface area contributed by atoms with E-state index >= 15 is 0 Å². The molecule has 0 aromatic heterocycles. The monoisotopic (exact) mass is 237 g/mol. The van der Waals surface area contributed by atoms with Crippen molar-refractivity contribution in [3.05, 3.63) is 34.9 Å². The molecule has 0 aliphatic heterocycles. The van der Waals surface area contributed by atoms with Crippen LogP contribution in [0.4, 0.5) is 4.79 Å². The van der Waals surface area contributed by atoms with E-state index < -0.39 is 11.7 Å². The number of primary amides is 1. The maximum atomic E-state index is 10.8. The largest absolute Gasteiger partial charge is 0.443 e. The fourth-order valence-electron chi connectivity index (χ4n) is 1.84. The lowest BCUT2D eigenvalue weighted by molar-refractivity contribution is 0.0457. The first-order valence-electron chi connectivity index (χ1n) is 5.52. The zero-order chi connectivity index (χ0) is 13.1. The molecule has 0 saturated carbocycles. The summed E-state index contributed by atoms with van der Waals surface area (Å²) in [5.74, 6) is 0. The Kier molecular flexibility index (Phi) is 4.12. The van der Waals surface area contributed by atoms with Crippen LogP contribution in [0.15, 0.2) is 18.2 Å².